The minimum absolute atomic E-state index is 0. The molecule has 0 amide bonds. The first-order valence-electron chi connectivity index (χ1n) is 5.98. The molecule has 6 nitrogen and oxygen atoms in total. The lowest BCUT2D eigenvalue weighted by atomic mass is 10.2. The number of halogens is 1. The highest BCUT2D eigenvalue weighted by Gasteiger charge is 2.01. The Morgan fingerprint density at radius 3 is 2.67 bits per heavy atom. The fourth-order valence-corrected chi connectivity index (χ4v) is 1.26. The number of aromatic nitrogens is 3. The lowest BCUT2D eigenvalue weighted by Gasteiger charge is -2.12. The molecule has 104 valence electrons. The van der Waals surface area contributed by atoms with Crippen LogP contribution in [0.4, 0.5) is 0 Å². The van der Waals surface area contributed by atoms with Gasteiger partial charge in [-0.25, -0.2) is 9.98 Å². The van der Waals surface area contributed by atoms with Crippen LogP contribution in [0, 0.1) is 5.92 Å². The van der Waals surface area contributed by atoms with Crippen LogP contribution in [0.5, 0.6) is 0 Å². The van der Waals surface area contributed by atoms with Crippen LogP contribution >= 0.6 is 24.0 Å². The van der Waals surface area contributed by atoms with E-state index in [0.29, 0.717) is 12.5 Å². The van der Waals surface area contributed by atoms with Gasteiger partial charge >= 0.3 is 0 Å². The van der Waals surface area contributed by atoms with E-state index in [2.05, 4.69) is 46.5 Å². The van der Waals surface area contributed by atoms with Crippen LogP contribution in [-0.4, -0.2) is 33.8 Å². The van der Waals surface area contributed by atoms with E-state index in [9.17, 15) is 0 Å². The Bertz CT molecular complexity index is 360. The summed E-state index contributed by atoms with van der Waals surface area (Å²) in [5, 5.41) is 10.5. The zero-order chi connectivity index (χ0) is 12.7. The summed E-state index contributed by atoms with van der Waals surface area (Å²) in [5.74, 6) is 2.27. The van der Waals surface area contributed by atoms with E-state index >= 15 is 0 Å². The maximum Gasteiger partial charge on any atom is 0.191 e. The average Bonchev–Trinajstić information content (AvgIpc) is 2.68. The maximum absolute atomic E-state index is 4.46. The van der Waals surface area contributed by atoms with Crippen molar-refractivity contribution in [3.05, 3.63) is 12.2 Å². The van der Waals surface area contributed by atoms with Crippen molar-refractivity contribution in [2.45, 2.75) is 27.3 Å². The van der Waals surface area contributed by atoms with E-state index in [1.165, 1.54) is 0 Å². The van der Waals surface area contributed by atoms with Crippen molar-refractivity contribution in [3.63, 3.8) is 0 Å². The molecular formula is C11H23IN6. The highest BCUT2D eigenvalue weighted by molar-refractivity contribution is 14.0. The molecule has 1 rings (SSSR count). The molecule has 0 atom stereocenters. The van der Waals surface area contributed by atoms with Gasteiger partial charge in [-0.1, -0.05) is 13.8 Å². The van der Waals surface area contributed by atoms with Crippen LogP contribution in [-0.2, 0) is 13.6 Å². The number of nitrogens with zero attached hydrogens (tertiary/aromatic N) is 4. The molecule has 0 unspecified atom stereocenters. The first kappa shape index (κ1) is 17.1. The van der Waals surface area contributed by atoms with Crippen molar-refractivity contribution < 1.29 is 0 Å². The molecule has 0 spiro atoms. The molecule has 0 bridgehead atoms. The van der Waals surface area contributed by atoms with Crippen LogP contribution in [0.3, 0.4) is 0 Å². The van der Waals surface area contributed by atoms with Crippen molar-refractivity contribution in [2.24, 2.45) is 18.0 Å². The zero-order valence-corrected chi connectivity index (χ0v) is 13.8. The summed E-state index contributed by atoms with van der Waals surface area (Å²) in [6, 6.07) is 0. The van der Waals surface area contributed by atoms with Gasteiger partial charge in [-0.3, -0.25) is 4.68 Å². The van der Waals surface area contributed by atoms with E-state index in [1.807, 2.05) is 7.05 Å². The Morgan fingerprint density at radius 1 is 1.44 bits per heavy atom. The molecule has 0 aliphatic rings. The Balaban J connectivity index is 0.00000289. The monoisotopic (exact) mass is 366 g/mol. The number of guanidine groups is 1. The minimum atomic E-state index is 0. The lowest BCUT2D eigenvalue weighted by molar-refractivity contribution is 0.613. The van der Waals surface area contributed by atoms with Gasteiger partial charge in [-0.15, -0.1) is 24.0 Å². The Morgan fingerprint density at radius 2 is 2.17 bits per heavy atom. The Kier molecular flexibility index (Phi) is 8.69. The Labute approximate surface area is 126 Å². The predicted molar refractivity (Wildman–Crippen MR) is 84.1 cm³/mol. The van der Waals surface area contributed by atoms with Gasteiger partial charge < -0.3 is 10.6 Å². The van der Waals surface area contributed by atoms with Crippen LogP contribution in [0.1, 0.15) is 26.6 Å². The Hall–Kier alpha value is -0.860. The zero-order valence-electron chi connectivity index (χ0n) is 11.5. The third-order valence-corrected chi connectivity index (χ3v) is 2.21. The van der Waals surface area contributed by atoms with Gasteiger partial charge in [0.2, 0.25) is 0 Å². The first-order valence-corrected chi connectivity index (χ1v) is 5.98. The second-order valence-electron chi connectivity index (χ2n) is 4.27. The summed E-state index contributed by atoms with van der Waals surface area (Å²) in [6.45, 7) is 8.67. The van der Waals surface area contributed by atoms with E-state index < -0.39 is 0 Å². The standard InChI is InChI=1S/C11H22N6.HI/c1-5-12-11(13-6-9(2)3)14-7-10-15-8-16-17(10)4;/h8-9H,5-7H2,1-4H3,(H2,12,13,14);1H. The predicted octanol–water partition coefficient (Wildman–Crippen LogP) is 1.14. The minimum Gasteiger partial charge on any atom is -0.357 e. The number of rotatable bonds is 5. The third kappa shape index (κ3) is 6.18. The topological polar surface area (TPSA) is 67.1 Å². The summed E-state index contributed by atoms with van der Waals surface area (Å²) in [7, 11) is 1.87. The second-order valence-corrected chi connectivity index (χ2v) is 4.27. The summed E-state index contributed by atoms with van der Waals surface area (Å²) in [5.41, 5.74) is 0. The second kappa shape index (κ2) is 9.12. The van der Waals surface area contributed by atoms with Gasteiger partial charge in [0.1, 0.15) is 18.7 Å². The van der Waals surface area contributed by atoms with E-state index in [-0.39, 0.29) is 24.0 Å². The number of hydrogen-bond acceptors (Lipinski definition) is 3. The SMILES string of the molecule is CCNC(=NCc1ncnn1C)NCC(C)C.I. The third-order valence-electron chi connectivity index (χ3n) is 2.21. The van der Waals surface area contributed by atoms with Gasteiger partial charge in [-0.05, 0) is 12.8 Å². The molecule has 0 aliphatic carbocycles. The molecule has 0 aromatic carbocycles. The summed E-state index contributed by atoms with van der Waals surface area (Å²) in [6.07, 6.45) is 1.54. The van der Waals surface area contributed by atoms with E-state index in [0.717, 1.165) is 24.9 Å². The molecule has 0 fully saturated rings. The van der Waals surface area contributed by atoms with Crippen molar-refractivity contribution in [1.29, 1.82) is 0 Å². The molecule has 0 saturated carbocycles. The van der Waals surface area contributed by atoms with Gasteiger partial charge in [0.25, 0.3) is 0 Å². The molecule has 2 N–H and O–H groups in total. The van der Waals surface area contributed by atoms with Gasteiger partial charge in [0.05, 0.1) is 0 Å². The molecule has 1 aromatic rings. The number of nitrogens with one attached hydrogen (secondary N) is 2. The number of hydrogen-bond donors (Lipinski definition) is 2. The summed E-state index contributed by atoms with van der Waals surface area (Å²) >= 11 is 0. The molecule has 0 aliphatic heterocycles. The molecule has 7 heteroatoms. The normalized spacial score (nSPS) is 11.3. The highest BCUT2D eigenvalue weighted by Crippen LogP contribution is 1.93. The van der Waals surface area contributed by atoms with E-state index in [1.54, 1.807) is 11.0 Å². The van der Waals surface area contributed by atoms with Crippen molar-refractivity contribution in [3.8, 4) is 0 Å². The van der Waals surface area contributed by atoms with Gasteiger partial charge in [-0.2, -0.15) is 5.10 Å². The van der Waals surface area contributed by atoms with Crippen LogP contribution in [0.15, 0.2) is 11.3 Å². The molecule has 0 radical (unpaired) electrons. The smallest absolute Gasteiger partial charge is 0.191 e. The van der Waals surface area contributed by atoms with Crippen molar-refractivity contribution >= 4 is 29.9 Å². The molecule has 1 heterocycles. The van der Waals surface area contributed by atoms with Crippen molar-refractivity contribution in [2.75, 3.05) is 13.1 Å². The molecule has 0 saturated heterocycles. The van der Waals surface area contributed by atoms with Crippen molar-refractivity contribution in [1.82, 2.24) is 25.4 Å². The fraction of sp³-hybridized carbons (Fsp3) is 0.727. The maximum atomic E-state index is 4.46. The van der Waals surface area contributed by atoms with Crippen LogP contribution < -0.4 is 10.6 Å². The molecule has 1 aromatic heterocycles. The quantitative estimate of drug-likeness (QED) is 0.466. The summed E-state index contributed by atoms with van der Waals surface area (Å²) < 4.78 is 1.73. The van der Waals surface area contributed by atoms with E-state index in [4.69, 9.17) is 0 Å². The van der Waals surface area contributed by atoms with Crippen LogP contribution in [0.2, 0.25) is 0 Å². The first-order chi connectivity index (χ1) is 8.13. The lowest BCUT2D eigenvalue weighted by Crippen LogP contribution is -2.39. The molecular weight excluding hydrogens is 343 g/mol. The van der Waals surface area contributed by atoms with Gasteiger partial charge in [0, 0.05) is 20.1 Å². The largest absolute Gasteiger partial charge is 0.357 e. The number of aliphatic imine (C=N–C) groups is 1. The molecule has 18 heavy (non-hydrogen) atoms. The number of aryl methyl sites for hydroxylation is 1. The van der Waals surface area contributed by atoms with Crippen LogP contribution in [0.25, 0.3) is 0 Å². The highest BCUT2D eigenvalue weighted by atomic mass is 127. The average molecular weight is 366 g/mol. The van der Waals surface area contributed by atoms with Gasteiger partial charge in [0.15, 0.2) is 5.96 Å². The summed E-state index contributed by atoms with van der Waals surface area (Å²) in [4.78, 5) is 8.59. The fourth-order valence-electron chi connectivity index (χ4n) is 1.26.